The third-order valence-electron chi connectivity index (χ3n) is 5.43. The molecule has 0 saturated carbocycles. The normalized spacial score (nSPS) is 18.3. The average molecular weight is 390 g/mol. The van der Waals surface area contributed by atoms with Gasteiger partial charge in [0.1, 0.15) is 11.9 Å². The monoisotopic (exact) mass is 390 g/mol. The number of nitrogens with zero attached hydrogens (tertiary/aromatic N) is 3. The highest BCUT2D eigenvalue weighted by Gasteiger charge is 2.39. The van der Waals surface area contributed by atoms with Gasteiger partial charge in [-0.3, -0.25) is 19.7 Å². The van der Waals surface area contributed by atoms with Crippen LogP contribution < -0.4 is 5.32 Å². The van der Waals surface area contributed by atoms with Crippen LogP contribution in [-0.2, 0) is 29.6 Å². The van der Waals surface area contributed by atoms with Crippen LogP contribution in [0.5, 0.6) is 0 Å². The van der Waals surface area contributed by atoms with Crippen molar-refractivity contribution in [1.82, 2.24) is 19.8 Å². The van der Waals surface area contributed by atoms with Gasteiger partial charge in [-0.05, 0) is 30.5 Å². The predicted molar refractivity (Wildman–Crippen MR) is 106 cm³/mol. The van der Waals surface area contributed by atoms with Crippen molar-refractivity contribution >= 4 is 17.7 Å². The second kappa shape index (κ2) is 7.92. The van der Waals surface area contributed by atoms with Crippen LogP contribution in [0.15, 0.2) is 30.6 Å². The second-order valence-corrected chi connectivity index (χ2v) is 7.34. The van der Waals surface area contributed by atoms with Crippen molar-refractivity contribution < 1.29 is 14.4 Å². The molecule has 2 aliphatic heterocycles. The molecule has 7 nitrogen and oxygen atoms in total. The Bertz CT molecular complexity index is 1040. The molecule has 0 radical (unpaired) electrons. The lowest BCUT2D eigenvalue weighted by Gasteiger charge is -2.29. The molecule has 2 aromatic rings. The van der Waals surface area contributed by atoms with Crippen LogP contribution in [0.4, 0.5) is 0 Å². The molecule has 3 heterocycles. The molecule has 1 saturated heterocycles. The lowest BCUT2D eigenvalue weighted by Crippen LogP contribution is -2.52. The molecule has 3 amide bonds. The first-order valence-corrected chi connectivity index (χ1v) is 9.76. The molecule has 2 aliphatic rings. The van der Waals surface area contributed by atoms with Crippen molar-refractivity contribution in [3.8, 4) is 11.8 Å². The minimum absolute atomic E-state index is 0.173. The van der Waals surface area contributed by atoms with E-state index in [0.29, 0.717) is 18.5 Å². The highest BCUT2D eigenvalue weighted by Crippen LogP contribution is 2.29. The number of carbonyl (C=O) groups is 3. The lowest BCUT2D eigenvalue weighted by molar-refractivity contribution is -0.136. The van der Waals surface area contributed by atoms with Crippen LogP contribution in [0.3, 0.4) is 0 Å². The fourth-order valence-corrected chi connectivity index (χ4v) is 3.83. The highest BCUT2D eigenvalue weighted by atomic mass is 16.2. The minimum atomic E-state index is -0.605. The number of imidazole rings is 1. The van der Waals surface area contributed by atoms with Gasteiger partial charge in [0, 0.05) is 56.4 Å². The molecule has 1 aromatic carbocycles. The summed E-state index contributed by atoms with van der Waals surface area (Å²) in [4.78, 5) is 42.3. The first-order valence-electron chi connectivity index (χ1n) is 9.76. The van der Waals surface area contributed by atoms with Crippen LogP contribution in [-0.4, -0.2) is 38.2 Å². The van der Waals surface area contributed by atoms with Crippen LogP contribution in [0.2, 0.25) is 0 Å². The molecule has 29 heavy (non-hydrogen) atoms. The smallest absolute Gasteiger partial charge is 0.255 e. The largest absolute Gasteiger partial charge is 0.338 e. The van der Waals surface area contributed by atoms with Crippen molar-refractivity contribution in [2.45, 2.75) is 44.7 Å². The molecular weight excluding hydrogens is 368 g/mol. The molecule has 0 aliphatic carbocycles. The molecule has 1 atom stereocenters. The fraction of sp³-hybridized carbons (Fsp3) is 0.364. The maximum Gasteiger partial charge on any atom is 0.255 e. The third-order valence-corrected chi connectivity index (χ3v) is 5.43. The Morgan fingerprint density at radius 2 is 2.14 bits per heavy atom. The number of nitrogens with one attached hydrogen (secondary N) is 1. The van der Waals surface area contributed by atoms with E-state index >= 15 is 0 Å². The van der Waals surface area contributed by atoms with E-state index in [9.17, 15) is 14.4 Å². The van der Waals surface area contributed by atoms with E-state index in [-0.39, 0.29) is 18.2 Å². The van der Waals surface area contributed by atoms with Crippen molar-refractivity contribution in [1.29, 1.82) is 0 Å². The molecule has 0 spiro atoms. The molecule has 1 unspecified atom stereocenters. The Morgan fingerprint density at radius 3 is 2.90 bits per heavy atom. The molecule has 1 N–H and O–H groups in total. The van der Waals surface area contributed by atoms with Crippen LogP contribution in [0, 0.1) is 11.8 Å². The van der Waals surface area contributed by atoms with Crippen LogP contribution in [0.1, 0.15) is 53.0 Å². The molecule has 1 aromatic heterocycles. The third kappa shape index (κ3) is 3.79. The summed E-state index contributed by atoms with van der Waals surface area (Å²) in [5.74, 6) is 6.57. The minimum Gasteiger partial charge on any atom is -0.338 e. The molecule has 148 valence electrons. The Labute approximate surface area is 169 Å². The Balaban J connectivity index is 1.44. The van der Waals surface area contributed by atoms with Gasteiger partial charge in [-0.25, -0.2) is 4.98 Å². The highest BCUT2D eigenvalue weighted by molar-refractivity contribution is 6.05. The first kappa shape index (κ1) is 18.9. The Morgan fingerprint density at radius 1 is 1.28 bits per heavy atom. The molecule has 4 rings (SSSR count). The predicted octanol–water partition coefficient (Wildman–Crippen LogP) is 1.56. The first-order chi connectivity index (χ1) is 14.0. The quantitative estimate of drug-likeness (QED) is 0.488. The number of aromatic nitrogens is 2. The number of amides is 3. The van der Waals surface area contributed by atoms with Gasteiger partial charge in [0.2, 0.25) is 11.8 Å². The van der Waals surface area contributed by atoms with Crippen molar-refractivity contribution in [2.24, 2.45) is 7.05 Å². The zero-order chi connectivity index (χ0) is 20.4. The number of fused-ring (bicyclic) bond motifs is 1. The second-order valence-electron chi connectivity index (χ2n) is 7.34. The standard InChI is InChI=1S/C22H22N4O3/c1-25-13-12-23-19(25)9-4-2-3-6-15-7-5-8-16-17(15)14-26(22(16)29)18-10-11-20(27)24-21(18)28/h5,7-8,12-13,18H,2,4,9-11,14H2,1H3,(H,24,27,28). The summed E-state index contributed by atoms with van der Waals surface area (Å²) in [6.07, 6.45) is 6.85. The van der Waals surface area contributed by atoms with Gasteiger partial charge >= 0.3 is 0 Å². The topological polar surface area (TPSA) is 84.3 Å². The number of hydrogen-bond acceptors (Lipinski definition) is 4. The van der Waals surface area contributed by atoms with Crippen molar-refractivity contribution in [3.05, 3.63) is 53.1 Å². The number of carbonyl (C=O) groups excluding carboxylic acids is 3. The number of benzene rings is 1. The average Bonchev–Trinajstić information content (AvgIpc) is 3.25. The van der Waals surface area contributed by atoms with E-state index < -0.39 is 11.9 Å². The van der Waals surface area contributed by atoms with Crippen LogP contribution in [0.25, 0.3) is 0 Å². The number of piperidine rings is 1. The number of aryl methyl sites for hydroxylation is 2. The van der Waals surface area contributed by atoms with E-state index in [2.05, 4.69) is 22.1 Å². The SMILES string of the molecule is Cn1ccnc1CCCC#Cc1cccc2c1CN(C1CCC(=O)NC1=O)C2=O. The zero-order valence-corrected chi connectivity index (χ0v) is 16.3. The fourth-order valence-electron chi connectivity index (χ4n) is 3.83. The van der Waals surface area contributed by atoms with E-state index in [1.54, 1.807) is 17.2 Å². The molecular formula is C22H22N4O3. The maximum atomic E-state index is 12.8. The molecule has 0 bridgehead atoms. The van der Waals surface area contributed by atoms with Crippen molar-refractivity contribution in [3.63, 3.8) is 0 Å². The van der Waals surface area contributed by atoms with E-state index in [1.807, 2.05) is 29.9 Å². The van der Waals surface area contributed by atoms with Gasteiger partial charge < -0.3 is 9.47 Å². The molecule has 7 heteroatoms. The van der Waals surface area contributed by atoms with Gasteiger partial charge in [0.15, 0.2) is 0 Å². The summed E-state index contributed by atoms with van der Waals surface area (Å²) in [6.45, 7) is 0.346. The number of unbranched alkanes of at least 4 members (excludes halogenated alkanes) is 1. The zero-order valence-electron chi connectivity index (χ0n) is 16.3. The van der Waals surface area contributed by atoms with Gasteiger partial charge in [-0.2, -0.15) is 0 Å². The van der Waals surface area contributed by atoms with E-state index in [0.717, 1.165) is 36.2 Å². The summed E-state index contributed by atoms with van der Waals surface area (Å²) >= 11 is 0. The Hall–Kier alpha value is -3.40. The Kier molecular flexibility index (Phi) is 5.17. The molecule has 1 fully saturated rings. The van der Waals surface area contributed by atoms with Crippen molar-refractivity contribution in [2.75, 3.05) is 0 Å². The summed E-state index contributed by atoms with van der Waals surface area (Å²) in [7, 11) is 1.98. The lowest BCUT2D eigenvalue weighted by atomic mass is 10.0. The van der Waals surface area contributed by atoms with E-state index in [1.165, 1.54) is 0 Å². The van der Waals surface area contributed by atoms with Gasteiger partial charge in [0.25, 0.3) is 5.91 Å². The van der Waals surface area contributed by atoms with Crippen LogP contribution >= 0.6 is 0 Å². The summed E-state index contributed by atoms with van der Waals surface area (Å²) in [5.41, 5.74) is 2.27. The van der Waals surface area contributed by atoms with E-state index in [4.69, 9.17) is 0 Å². The van der Waals surface area contributed by atoms with Gasteiger partial charge in [0.05, 0.1) is 0 Å². The number of hydrogen-bond donors (Lipinski definition) is 1. The maximum absolute atomic E-state index is 12.8. The summed E-state index contributed by atoms with van der Waals surface area (Å²) in [6, 6.07) is 4.90. The number of imide groups is 1. The number of rotatable bonds is 4. The summed E-state index contributed by atoms with van der Waals surface area (Å²) in [5, 5.41) is 2.33. The summed E-state index contributed by atoms with van der Waals surface area (Å²) < 4.78 is 2.01. The van der Waals surface area contributed by atoms with Gasteiger partial charge in [-0.15, -0.1) is 0 Å². The van der Waals surface area contributed by atoms with Gasteiger partial charge in [-0.1, -0.05) is 17.9 Å².